The molecule has 7 aromatic rings. The van der Waals surface area contributed by atoms with Crippen molar-refractivity contribution < 1.29 is 4.39 Å². The first-order valence-corrected chi connectivity index (χ1v) is 13.7. The molecular formula is C36H23FN6. The van der Waals surface area contributed by atoms with Gasteiger partial charge in [0.25, 0.3) is 0 Å². The Labute approximate surface area is 247 Å². The number of rotatable bonds is 6. The van der Waals surface area contributed by atoms with Crippen molar-refractivity contribution in [1.82, 2.24) is 29.9 Å². The van der Waals surface area contributed by atoms with Crippen molar-refractivity contribution in [2.45, 2.75) is 0 Å². The third-order valence-corrected chi connectivity index (χ3v) is 6.91. The average Bonchev–Trinajstić information content (AvgIpc) is 3.09. The van der Waals surface area contributed by atoms with Crippen LogP contribution in [0.5, 0.6) is 0 Å². The van der Waals surface area contributed by atoms with Crippen LogP contribution in [-0.2, 0) is 0 Å². The quantitative estimate of drug-likeness (QED) is 0.205. The second-order valence-electron chi connectivity index (χ2n) is 9.82. The summed E-state index contributed by atoms with van der Waals surface area (Å²) in [6.07, 6.45) is 2.95. The third kappa shape index (κ3) is 5.64. The first-order chi connectivity index (χ1) is 21.2. The minimum Gasteiger partial charge on any atom is -0.254 e. The van der Waals surface area contributed by atoms with E-state index in [-0.39, 0.29) is 0 Å². The Balaban J connectivity index is 1.31. The van der Waals surface area contributed by atoms with E-state index < -0.39 is 5.82 Å². The zero-order valence-electron chi connectivity index (χ0n) is 22.8. The van der Waals surface area contributed by atoms with E-state index in [0.29, 0.717) is 40.2 Å². The molecule has 7 rings (SSSR count). The third-order valence-electron chi connectivity index (χ3n) is 6.91. The SMILES string of the molecule is Fc1ccc(-c2cc(-c3ccccc3)cc(-c3ccc(-c4nc(-c5ccccc5)nc(-c5ccccc5)n4)cn3)n2)nc1. The van der Waals surface area contributed by atoms with E-state index in [2.05, 4.69) is 4.98 Å². The topological polar surface area (TPSA) is 77.3 Å². The van der Waals surface area contributed by atoms with E-state index >= 15 is 0 Å². The lowest BCUT2D eigenvalue weighted by Gasteiger charge is -2.10. The standard InChI is InChI=1S/C36H23FN6/c37-29-17-19-31(39-23-29)33-21-28(24-10-4-1-5-11-24)20-32(40-33)30-18-16-27(22-38-30)36-42-34(25-12-6-2-7-13-25)41-35(43-36)26-14-8-3-9-15-26/h1-23H. The Hall–Kier alpha value is -5.95. The first-order valence-electron chi connectivity index (χ1n) is 13.7. The molecule has 0 bridgehead atoms. The maximum Gasteiger partial charge on any atom is 0.165 e. The molecule has 4 aromatic heterocycles. The molecule has 0 saturated heterocycles. The lowest BCUT2D eigenvalue weighted by Crippen LogP contribution is -2.00. The number of hydrogen-bond acceptors (Lipinski definition) is 6. The van der Waals surface area contributed by atoms with Gasteiger partial charge in [-0.1, -0.05) is 91.0 Å². The molecule has 6 nitrogen and oxygen atoms in total. The van der Waals surface area contributed by atoms with E-state index in [1.54, 1.807) is 12.3 Å². The number of halogens is 1. The van der Waals surface area contributed by atoms with Crippen LogP contribution < -0.4 is 0 Å². The summed E-state index contributed by atoms with van der Waals surface area (Å²) in [5.41, 5.74) is 7.07. The summed E-state index contributed by atoms with van der Waals surface area (Å²) >= 11 is 0. The monoisotopic (exact) mass is 558 g/mol. The molecule has 0 atom stereocenters. The van der Waals surface area contributed by atoms with E-state index in [9.17, 15) is 4.39 Å². The van der Waals surface area contributed by atoms with E-state index in [1.165, 1.54) is 12.3 Å². The number of nitrogens with zero attached hydrogens (tertiary/aromatic N) is 6. The Morgan fingerprint density at radius 3 is 1.28 bits per heavy atom. The number of pyridine rings is 3. The van der Waals surface area contributed by atoms with Gasteiger partial charge in [-0.15, -0.1) is 0 Å². The van der Waals surface area contributed by atoms with Crippen molar-refractivity contribution in [3.63, 3.8) is 0 Å². The summed E-state index contributed by atoms with van der Waals surface area (Å²) in [7, 11) is 0. The number of hydrogen-bond donors (Lipinski definition) is 0. The second kappa shape index (κ2) is 11.5. The lowest BCUT2D eigenvalue weighted by atomic mass is 10.0. The summed E-state index contributed by atoms with van der Waals surface area (Å²) < 4.78 is 13.6. The Morgan fingerprint density at radius 2 is 0.814 bits per heavy atom. The molecule has 0 aliphatic rings. The predicted molar refractivity (Wildman–Crippen MR) is 166 cm³/mol. The summed E-state index contributed by atoms with van der Waals surface area (Å²) in [6.45, 7) is 0. The Kier molecular flexibility index (Phi) is 6.95. The van der Waals surface area contributed by atoms with Crippen LogP contribution in [0.2, 0.25) is 0 Å². The summed E-state index contributed by atoms with van der Waals surface area (Å²) in [4.78, 5) is 28.2. The molecule has 3 aromatic carbocycles. The van der Waals surface area contributed by atoms with Gasteiger partial charge in [-0.05, 0) is 47.5 Å². The van der Waals surface area contributed by atoms with Crippen LogP contribution in [-0.4, -0.2) is 29.9 Å². The molecule has 0 fully saturated rings. The average molecular weight is 559 g/mol. The molecule has 0 N–H and O–H groups in total. The van der Waals surface area contributed by atoms with Crippen molar-refractivity contribution in [3.05, 3.63) is 146 Å². The highest BCUT2D eigenvalue weighted by Gasteiger charge is 2.14. The van der Waals surface area contributed by atoms with E-state index in [4.69, 9.17) is 24.9 Å². The predicted octanol–water partition coefficient (Wildman–Crippen LogP) is 8.20. The highest BCUT2D eigenvalue weighted by atomic mass is 19.1. The van der Waals surface area contributed by atoms with Gasteiger partial charge in [0, 0.05) is 22.9 Å². The van der Waals surface area contributed by atoms with Crippen molar-refractivity contribution in [2.75, 3.05) is 0 Å². The first kappa shape index (κ1) is 26.0. The van der Waals surface area contributed by atoms with Gasteiger partial charge in [0.05, 0.1) is 29.0 Å². The van der Waals surface area contributed by atoms with E-state index in [0.717, 1.165) is 27.8 Å². The molecule has 0 amide bonds. The van der Waals surface area contributed by atoms with Crippen molar-refractivity contribution >= 4 is 0 Å². The highest BCUT2D eigenvalue weighted by molar-refractivity contribution is 5.75. The van der Waals surface area contributed by atoms with Crippen LogP contribution in [0, 0.1) is 5.82 Å². The van der Waals surface area contributed by atoms with Crippen LogP contribution in [0.25, 0.3) is 68.1 Å². The van der Waals surface area contributed by atoms with Crippen molar-refractivity contribution in [1.29, 1.82) is 0 Å². The molecule has 0 aliphatic carbocycles. The molecule has 43 heavy (non-hydrogen) atoms. The molecule has 204 valence electrons. The fourth-order valence-corrected chi connectivity index (χ4v) is 4.73. The highest BCUT2D eigenvalue weighted by Crippen LogP contribution is 2.30. The molecule has 0 aliphatic heterocycles. The van der Waals surface area contributed by atoms with Crippen LogP contribution in [0.3, 0.4) is 0 Å². The number of benzene rings is 3. The van der Waals surface area contributed by atoms with Gasteiger partial charge < -0.3 is 0 Å². The maximum absolute atomic E-state index is 13.6. The van der Waals surface area contributed by atoms with Gasteiger partial charge in [0.2, 0.25) is 0 Å². The van der Waals surface area contributed by atoms with Gasteiger partial charge in [-0.2, -0.15) is 0 Å². The van der Waals surface area contributed by atoms with Gasteiger partial charge in [-0.25, -0.2) is 24.3 Å². The number of aromatic nitrogens is 6. The van der Waals surface area contributed by atoms with Crippen LogP contribution in [0.15, 0.2) is 140 Å². The van der Waals surface area contributed by atoms with Crippen molar-refractivity contribution in [2.24, 2.45) is 0 Å². The molecular weight excluding hydrogens is 535 g/mol. The molecule has 0 radical (unpaired) electrons. The molecule has 0 spiro atoms. The summed E-state index contributed by atoms with van der Waals surface area (Å²) in [5, 5.41) is 0. The van der Waals surface area contributed by atoms with Gasteiger partial charge >= 0.3 is 0 Å². The summed E-state index contributed by atoms with van der Waals surface area (Å²) in [6, 6.07) is 40.5. The summed E-state index contributed by atoms with van der Waals surface area (Å²) in [5.74, 6) is 1.29. The smallest absolute Gasteiger partial charge is 0.165 e. The zero-order chi connectivity index (χ0) is 29.0. The molecule has 0 unspecified atom stereocenters. The second-order valence-corrected chi connectivity index (χ2v) is 9.82. The van der Waals surface area contributed by atoms with Gasteiger partial charge in [0.1, 0.15) is 5.82 Å². The largest absolute Gasteiger partial charge is 0.254 e. The molecule has 7 heteroatoms. The minimum absolute atomic E-state index is 0.399. The minimum atomic E-state index is -0.399. The van der Waals surface area contributed by atoms with Crippen molar-refractivity contribution in [3.8, 4) is 68.1 Å². The van der Waals surface area contributed by atoms with Gasteiger partial charge in [0.15, 0.2) is 17.5 Å². The fraction of sp³-hybridized carbons (Fsp3) is 0. The maximum atomic E-state index is 13.6. The van der Waals surface area contributed by atoms with Crippen LogP contribution >= 0.6 is 0 Å². The van der Waals surface area contributed by atoms with E-state index in [1.807, 2.05) is 115 Å². The molecule has 4 heterocycles. The zero-order valence-corrected chi connectivity index (χ0v) is 22.8. The fourth-order valence-electron chi connectivity index (χ4n) is 4.73. The lowest BCUT2D eigenvalue weighted by molar-refractivity contribution is 0.622. The molecule has 0 saturated carbocycles. The van der Waals surface area contributed by atoms with Gasteiger partial charge in [-0.3, -0.25) is 9.97 Å². The van der Waals surface area contributed by atoms with Crippen LogP contribution in [0.4, 0.5) is 4.39 Å². The Morgan fingerprint density at radius 1 is 0.349 bits per heavy atom. The van der Waals surface area contributed by atoms with Crippen LogP contribution in [0.1, 0.15) is 0 Å². The Bertz CT molecular complexity index is 1940. The normalized spacial score (nSPS) is 10.9.